The van der Waals surface area contributed by atoms with E-state index in [9.17, 15) is 18.5 Å². The molecule has 1 aromatic carbocycles. The van der Waals surface area contributed by atoms with Gasteiger partial charge in [0.15, 0.2) is 0 Å². The molecule has 0 unspecified atom stereocenters. The second kappa shape index (κ2) is 5.78. The number of aromatic nitrogens is 1. The summed E-state index contributed by atoms with van der Waals surface area (Å²) < 4.78 is 27.5. The molecule has 0 atom stereocenters. The maximum Gasteiger partial charge on any atom is 0.270 e. The predicted octanol–water partition coefficient (Wildman–Crippen LogP) is 2.86. The van der Waals surface area contributed by atoms with Crippen LogP contribution in [0.3, 0.4) is 0 Å². The summed E-state index contributed by atoms with van der Waals surface area (Å²) in [6.07, 6.45) is 1.34. The Hall–Kier alpha value is -2.00. The SMILES string of the molecule is Cc1ccc([N+](=O)[O-])cc1S(=O)(=O)Nc1ccc(Br)nc1. The molecular weight excluding hydrogens is 362 g/mol. The molecule has 0 aliphatic rings. The molecule has 0 amide bonds. The van der Waals surface area contributed by atoms with Crippen LogP contribution < -0.4 is 4.72 Å². The molecule has 0 spiro atoms. The molecule has 0 bridgehead atoms. The number of pyridine rings is 1. The first-order valence-corrected chi connectivity index (χ1v) is 7.96. The first-order valence-electron chi connectivity index (χ1n) is 5.69. The van der Waals surface area contributed by atoms with E-state index in [-0.39, 0.29) is 16.3 Å². The molecule has 1 aromatic heterocycles. The predicted molar refractivity (Wildman–Crippen MR) is 80.6 cm³/mol. The third kappa shape index (κ3) is 3.56. The van der Waals surface area contributed by atoms with Crippen molar-refractivity contribution in [1.29, 1.82) is 0 Å². The second-order valence-electron chi connectivity index (χ2n) is 4.18. The molecule has 21 heavy (non-hydrogen) atoms. The minimum Gasteiger partial charge on any atom is -0.278 e. The van der Waals surface area contributed by atoms with Crippen LogP contribution in [0.2, 0.25) is 0 Å². The third-order valence-electron chi connectivity index (χ3n) is 2.65. The van der Waals surface area contributed by atoms with E-state index in [1.165, 1.54) is 24.4 Å². The fourth-order valence-corrected chi connectivity index (χ4v) is 3.18. The van der Waals surface area contributed by atoms with Crippen molar-refractivity contribution in [3.63, 3.8) is 0 Å². The summed E-state index contributed by atoms with van der Waals surface area (Å²) in [5, 5.41) is 10.8. The number of benzene rings is 1. The van der Waals surface area contributed by atoms with Crippen LogP contribution in [0, 0.1) is 17.0 Å². The van der Waals surface area contributed by atoms with Crippen LogP contribution >= 0.6 is 15.9 Å². The zero-order valence-electron chi connectivity index (χ0n) is 10.8. The van der Waals surface area contributed by atoms with Gasteiger partial charge in [-0.05, 0) is 40.5 Å². The monoisotopic (exact) mass is 371 g/mol. The summed E-state index contributed by atoms with van der Waals surface area (Å²) in [7, 11) is -3.92. The van der Waals surface area contributed by atoms with E-state index in [0.29, 0.717) is 10.2 Å². The lowest BCUT2D eigenvalue weighted by Crippen LogP contribution is -2.14. The molecule has 1 heterocycles. The quantitative estimate of drug-likeness (QED) is 0.505. The van der Waals surface area contributed by atoms with Crippen molar-refractivity contribution >= 4 is 37.3 Å². The lowest BCUT2D eigenvalue weighted by Gasteiger charge is -2.10. The Bertz CT molecular complexity index is 791. The largest absolute Gasteiger partial charge is 0.278 e. The van der Waals surface area contributed by atoms with Crippen LogP contribution in [0.15, 0.2) is 46.0 Å². The Labute approximate surface area is 129 Å². The first-order chi connectivity index (χ1) is 9.79. The van der Waals surface area contributed by atoms with Gasteiger partial charge in [-0.2, -0.15) is 0 Å². The summed E-state index contributed by atoms with van der Waals surface area (Å²) >= 11 is 3.14. The van der Waals surface area contributed by atoms with E-state index in [0.717, 1.165) is 6.07 Å². The summed E-state index contributed by atoms with van der Waals surface area (Å²) in [5.41, 5.74) is 0.400. The molecule has 0 saturated carbocycles. The van der Waals surface area contributed by atoms with E-state index in [2.05, 4.69) is 25.6 Å². The number of rotatable bonds is 4. The van der Waals surface area contributed by atoms with Crippen molar-refractivity contribution in [2.24, 2.45) is 0 Å². The van der Waals surface area contributed by atoms with E-state index in [4.69, 9.17) is 0 Å². The summed E-state index contributed by atoms with van der Waals surface area (Å²) in [6, 6.07) is 6.80. The molecule has 1 N–H and O–H groups in total. The average molecular weight is 372 g/mol. The molecule has 2 rings (SSSR count). The van der Waals surface area contributed by atoms with Crippen LogP contribution in [0.1, 0.15) is 5.56 Å². The van der Waals surface area contributed by atoms with Crippen molar-refractivity contribution in [2.75, 3.05) is 4.72 Å². The standard InChI is InChI=1S/C12H10BrN3O4S/c1-8-2-4-10(16(17)18)6-11(8)21(19,20)15-9-3-5-12(13)14-7-9/h2-7,15H,1H3. The van der Waals surface area contributed by atoms with Gasteiger partial charge in [-0.15, -0.1) is 0 Å². The molecule has 0 aliphatic heterocycles. The zero-order valence-corrected chi connectivity index (χ0v) is 13.2. The van der Waals surface area contributed by atoms with E-state index < -0.39 is 14.9 Å². The van der Waals surface area contributed by atoms with Gasteiger partial charge in [-0.25, -0.2) is 13.4 Å². The summed E-state index contributed by atoms with van der Waals surface area (Å²) in [5.74, 6) is 0. The summed E-state index contributed by atoms with van der Waals surface area (Å²) in [6.45, 7) is 1.57. The van der Waals surface area contributed by atoms with Gasteiger partial charge in [0.25, 0.3) is 15.7 Å². The minimum atomic E-state index is -3.92. The van der Waals surface area contributed by atoms with Crippen molar-refractivity contribution in [3.05, 3.63) is 56.8 Å². The maximum atomic E-state index is 12.3. The molecule has 9 heteroatoms. The molecule has 7 nitrogen and oxygen atoms in total. The number of anilines is 1. The molecular formula is C12H10BrN3O4S. The number of halogens is 1. The number of sulfonamides is 1. The maximum absolute atomic E-state index is 12.3. The van der Waals surface area contributed by atoms with Crippen molar-refractivity contribution in [2.45, 2.75) is 11.8 Å². The fraction of sp³-hybridized carbons (Fsp3) is 0.0833. The third-order valence-corrected chi connectivity index (χ3v) is 4.64. The highest BCUT2D eigenvalue weighted by Crippen LogP contribution is 2.24. The normalized spacial score (nSPS) is 11.1. The zero-order chi connectivity index (χ0) is 15.6. The number of nitrogens with zero attached hydrogens (tertiary/aromatic N) is 2. The highest BCUT2D eigenvalue weighted by Gasteiger charge is 2.20. The van der Waals surface area contributed by atoms with Gasteiger partial charge >= 0.3 is 0 Å². The van der Waals surface area contributed by atoms with E-state index in [1.807, 2.05) is 0 Å². The van der Waals surface area contributed by atoms with Crippen LogP contribution in [0.25, 0.3) is 0 Å². The minimum absolute atomic E-state index is 0.139. The number of hydrogen-bond acceptors (Lipinski definition) is 5. The number of non-ortho nitro benzene ring substituents is 1. The molecule has 2 aromatic rings. The molecule has 110 valence electrons. The van der Waals surface area contributed by atoms with E-state index >= 15 is 0 Å². The van der Waals surface area contributed by atoms with Gasteiger partial charge in [0.05, 0.1) is 21.7 Å². The smallest absolute Gasteiger partial charge is 0.270 e. The Morgan fingerprint density at radius 1 is 1.29 bits per heavy atom. The first kappa shape index (κ1) is 15.4. The van der Waals surface area contributed by atoms with Crippen LogP contribution in [-0.4, -0.2) is 18.3 Å². The number of aryl methyl sites for hydroxylation is 1. The van der Waals surface area contributed by atoms with Crippen LogP contribution in [-0.2, 0) is 10.0 Å². The number of hydrogen-bond donors (Lipinski definition) is 1. The number of nitro benzene ring substituents is 1. The van der Waals surface area contributed by atoms with Gasteiger partial charge in [-0.1, -0.05) is 6.07 Å². The lowest BCUT2D eigenvalue weighted by molar-refractivity contribution is -0.385. The van der Waals surface area contributed by atoms with E-state index in [1.54, 1.807) is 13.0 Å². The van der Waals surface area contributed by atoms with Crippen LogP contribution in [0.4, 0.5) is 11.4 Å². The average Bonchev–Trinajstić information content (AvgIpc) is 2.41. The van der Waals surface area contributed by atoms with Gasteiger partial charge in [0.1, 0.15) is 4.60 Å². The Kier molecular flexibility index (Phi) is 4.24. The van der Waals surface area contributed by atoms with Crippen molar-refractivity contribution in [3.8, 4) is 0 Å². The van der Waals surface area contributed by atoms with Crippen LogP contribution in [0.5, 0.6) is 0 Å². The Balaban J connectivity index is 2.41. The van der Waals surface area contributed by atoms with Crippen molar-refractivity contribution < 1.29 is 13.3 Å². The highest BCUT2D eigenvalue weighted by atomic mass is 79.9. The summed E-state index contributed by atoms with van der Waals surface area (Å²) in [4.78, 5) is 13.9. The molecule has 0 radical (unpaired) electrons. The van der Waals surface area contributed by atoms with Gasteiger partial charge < -0.3 is 0 Å². The lowest BCUT2D eigenvalue weighted by atomic mass is 10.2. The second-order valence-corrected chi connectivity index (χ2v) is 6.65. The van der Waals surface area contributed by atoms with Gasteiger partial charge in [0, 0.05) is 12.1 Å². The molecule has 0 saturated heterocycles. The topological polar surface area (TPSA) is 102 Å². The van der Waals surface area contributed by atoms with Gasteiger partial charge in [-0.3, -0.25) is 14.8 Å². The number of nitro groups is 1. The van der Waals surface area contributed by atoms with Crippen molar-refractivity contribution in [1.82, 2.24) is 4.98 Å². The number of nitrogens with one attached hydrogen (secondary N) is 1. The fourth-order valence-electron chi connectivity index (χ4n) is 1.64. The molecule has 0 aliphatic carbocycles. The molecule has 0 fully saturated rings. The Morgan fingerprint density at radius 3 is 2.57 bits per heavy atom. The Morgan fingerprint density at radius 2 is 2.00 bits per heavy atom. The van der Waals surface area contributed by atoms with Gasteiger partial charge in [0.2, 0.25) is 0 Å². The highest BCUT2D eigenvalue weighted by molar-refractivity contribution is 9.10.